The highest BCUT2D eigenvalue weighted by Gasteiger charge is 2.21. The van der Waals surface area contributed by atoms with Gasteiger partial charge in [-0.3, -0.25) is 9.69 Å². The number of ketones is 1. The first kappa shape index (κ1) is 22.1. The number of aliphatic hydroxyl groups excluding tert-OH is 2. The molecule has 0 amide bonds. The molecule has 0 atom stereocenters. The van der Waals surface area contributed by atoms with Crippen molar-refractivity contribution in [1.29, 1.82) is 0 Å². The summed E-state index contributed by atoms with van der Waals surface area (Å²) in [6.07, 6.45) is 2.53. The van der Waals surface area contributed by atoms with Crippen LogP contribution in [-0.4, -0.2) is 66.0 Å². The van der Waals surface area contributed by atoms with Crippen molar-refractivity contribution in [3.63, 3.8) is 0 Å². The Labute approximate surface area is 170 Å². The molecule has 1 aliphatic rings. The molecule has 0 bridgehead atoms. The zero-order valence-corrected chi connectivity index (χ0v) is 16.7. The van der Waals surface area contributed by atoms with Gasteiger partial charge in [0.25, 0.3) is 0 Å². The molecule has 152 valence electrons. The third-order valence-electron chi connectivity index (χ3n) is 4.35. The van der Waals surface area contributed by atoms with E-state index in [0.29, 0.717) is 30.1 Å². The fourth-order valence-corrected chi connectivity index (χ4v) is 3.04. The number of allylic oxidation sites excluding steroid dienone is 3. The van der Waals surface area contributed by atoms with E-state index in [1.165, 1.54) is 0 Å². The van der Waals surface area contributed by atoms with E-state index >= 15 is 0 Å². The minimum Gasteiger partial charge on any atom is -0.396 e. The SMILES string of the molecule is CC1=C/C(=N\c2ccc(NCCCN(CCO)CCO)cc2)C(N)=C(Cl)C1=O. The summed E-state index contributed by atoms with van der Waals surface area (Å²) in [5, 5.41) is 21.4. The monoisotopic (exact) mass is 406 g/mol. The minimum atomic E-state index is -0.269. The van der Waals surface area contributed by atoms with Crippen molar-refractivity contribution < 1.29 is 15.0 Å². The van der Waals surface area contributed by atoms with Crippen LogP contribution in [0.1, 0.15) is 13.3 Å². The van der Waals surface area contributed by atoms with Crippen LogP contribution in [0.25, 0.3) is 0 Å². The van der Waals surface area contributed by atoms with Crippen LogP contribution in [0, 0.1) is 0 Å². The molecule has 0 fully saturated rings. The predicted molar refractivity (Wildman–Crippen MR) is 113 cm³/mol. The number of carbonyl (C=O) groups is 1. The van der Waals surface area contributed by atoms with Crippen LogP contribution in [-0.2, 0) is 4.79 Å². The van der Waals surface area contributed by atoms with Crippen LogP contribution in [0.15, 0.2) is 51.6 Å². The Bertz CT molecular complexity index is 766. The molecule has 2 rings (SSSR count). The number of Topliss-reactive ketones (excluding diaryl/α,β-unsaturated/α-hetero) is 1. The quantitative estimate of drug-likeness (QED) is 0.348. The van der Waals surface area contributed by atoms with Crippen molar-refractivity contribution in [3.8, 4) is 0 Å². The van der Waals surface area contributed by atoms with E-state index in [9.17, 15) is 4.79 Å². The van der Waals surface area contributed by atoms with Gasteiger partial charge in [-0.25, -0.2) is 4.99 Å². The molecule has 1 aromatic carbocycles. The highest BCUT2D eigenvalue weighted by molar-refractivity contribution is 6.49. The molecule has 1 aliphatic carbocycles. The first-order valence-electron chi connectivity index (χ1n) is 9.21. The number of nitrogens with one attached hydrogen (secondary N) is 1. The highest BCUT2D eigenvalue weighted by atomic mass is 35.5. The second kappa shape index (κ2) is 11.0. The van der Waals surface area contributed by atoms with E-state index in [2.05, 4.69) is 10.3 Å². The Morgan fingerprint density at radius 1 is 1.14 bits per heavy atom. The molecule has 8 heteroatoms. The highest BCUT2D eigenvalue weighted by Crippen LogP contribution is 2.23. The smallest absolute Gasteiger partial charge is 0.202 e. The molecule has 0 saturated carbocycles. The number of halogens is 1. The molecule has 0 aliphatic heterocycles. The Balaban J connectivity index is 1.91. The molecule has 0 aromatic heterocycles. The van der Waals surface area contributed by atoms with Gasteiger partial charge in [0.2, 0.25) is 5.78 Å². The summed E-state index contributed by atoms with van der Waals surface area (Å²) in [6, 6.07) is 7.56. The Morgan fingerprint density at radius 2 is 1.79 bits per heavy atom. The van der Waals surface area contributed by atoms with Gasteiger partial charge in [-0.2, -0.15) is 0 Å². The van der Waals surface area contributed by atoms with Crippen LogP contribution in [0.2, 0.25) is 0 Å². The maximum absolute atomic E-state index is 11.8. The number of carbonyl (C=O) groups excluding carboxylic acids is 1. The van der Waals surface area contributed by atoms with E-state index < -0.39 is 0 Å². The van der Waals surface area contributed by atoms with Crippen molar-refractivity contribution in [2.75, 3.05) is 44.7 Å². The first-order valence-corrected chi connectivity index (χ1v) is 9.59. The van der Waals surface area contributed by atoms with Gasteiger partial charge in [0.15, 0.2) is 0 Å². The third-order valence-corrected chi connectivity index (χ3v) is 4.73. The van der Waals surface area contributed by atoms with Crippen molar-refractivity contribution in [2.24, 2.45) is 10.7 Å². The van der Waals surface area contributed by atoms with Gasteiger partial charge in [-0.1, -0.05) is 11.6 Å². The van der Waals surface area contributed by atoms with Crippen LogP contribution in [0.4, 0.5) is 11.4 Å². The van der Waals surface area contributed by atoms with E-state index in [4.69, 9.17) is 27.5 Å². The molecular weight excluding hydrogens is 380 g/mol. The van der Waals surface area contributed by atoms with E-state index in [0.717, 1.165) is 25.2 Å². The average molecular weight is 407 g/mol. The van der Waals surface area contributed by atoms with E-state index in [-0.39, 0.29) is 29.7 Å². The molecule has 0 spiro atoms. The molecule has 7 nitrogen and oxygen atoms in total. The summed E-state index contributed by atoms with van der Waals surface area (Å²) < 4.78 is 0. The van der Waals surface area contributed by atoms with Crippen LogP contribution in [0.3, 0.4) is 0 Å². The largest absolute Gasteiger partial charge is 0.396 e. The second-order valence-electron chi connectivity index (χ2n) is 6.50. The molecule has 0 radical (unpaired) electrons. The number of benzene rings is 1. The van der Waals surface area contributed by atoms with Gasteiger partial charge in [0, 0.05) is 30.9 Å². The summed E-state index contributed by atoms with van der Waals surface area (Å²) in [5.74, 6) is -0.269. The maximum atomic E-state index is 11.8. The van der Waals surface area contributed by atoms with Crippen LogP contribution >= 0.6 is 11.6 Å². The number of anilines is 1. The Morgan fingerprint density at radius 3 is 2.39 bits per heavy atom. The number of hydrogen-bond acceptors (Lipinski definition) is 7. The lowest BCUT2D eigenvalue weighted by Gasteiger charge is -2.20. The number of aliphatic imine (C=N–C) groups is 1. The molecular formula is C20H27ClN4O3. The lowest BCUT2D eigenvalue weighted by molar-refractivity contribution is -0.111. The predicted octanol–water partition coefficient (Wildman–Crippen LogP) is 1.79. The van der Waals surface area contributed by atoms with E-state index in [1.54, 1.807) is 13.0 Å². The van der Waals surface area contributed by atoms with Gasteiger partial charge >= 0.3 is 0 Å². The minimum absolute atomic E-state index is 0.00785. The number of rotatable bonds is 10. The van der Waals surface area contributed by atoms with Gasteiger partial charge in [0.05, 0.1) is 30.3 Å². The number of hydrogen-bond donors (Lipinski definition) is 4. The van der Waals surface area contributed by atoms with Crippen LogP contribution < -0.4 is 11.1 Å². The summed E-state index contributed by atoms with van der Waals surface area (Å²) in [5.41, 5.74) is 8.76. The summed E-state index contributed by atoms with van der Waals surface area (Å²) >= 11 is 5.97. The Kier molecular flexibility index (Phi) is 8.66. The topological polar surface area (TPSA) is 111 Å². The molecule has 5 N–H and O–H groups in total. The molecule has 0 saturated heterocycles. The van der Waals surface area contributed by atoms with E-state index in [1.807, 2.05) is 29.2 Å². The fourth-order valence-electron chi connectivity index (χ4n) is 2.80. The standard InChI is InChI=1S/C20H27ClN4O3/c1-14-13-17(19(22)18(21)20(14)28)24-16-5-3-15(4-6-16)23-7-2-8-25(9-11-26)10-12-27/h3-6,13,23,26-27H,2,7-12,22H2,1H3/b24-17+. The lowest BCUT2D eigenvalue weighted by atomic mass is 10.0. The summed E-state index contributed by atoms with van der Waals surface area (Å²) in [6.45, 7) is 4.57. The molecule has 1 aromatic rings. The zero-order valence-electron chi connectivity index (χ0n) is 16.0. The van der Waals surface area contributed by atoms with Crippen molar-refractivity contribution in [3.05, 3.63) is 46.6 Å². The molecule has 0 unspecified atom stereocenters. The first-order chi connectivity index (χ1) is 13.5. The fraction of sp³-hybridized carbons (Fsp3) is 0.400. The normalized spacial score (nSPS) is 16.1. The van der Waals surface area contributed by atoms with Crippen molar-refractivity contribution in [1.82, 2.24) is 4.90 Å². The summed E-state index contributed by atoms with van der Waals surface area (Å²) in [4.78, 5) is 18.3. The Hall–Kier alpha value is -2.19. The maximum Gasteiger partial charge on any atom is 0.202 e. The molecule has 28 heavy (non-hydrogen) atoms. The van der Waals surface area contributed by atoms with Crippen LogP contribution in [0.5, 0.6) is 0 Å². The number of nitrogens with zero attached hydrogens (tertiary/aromatic N) is 2. The number of nitrogens with two attached hydrogens (primary N) is 1. The van der Waals surface area contributed by atoms with Gasteiger partial charge in [-0.05, 0) is 50.2 Å². The van der Waals surface area contributed by atoms with Crippen molar-refractivity contribution >= 4 is 34.5 Å². The zero-order chi connectivity index (χ0) is 20.5. The van der Waals surface area contributed by atoms with Gasteiger partial charge < -0.3 is 21.3 Å². The van der Waals surface area contributed by atoms with Crippen molar-refractivity contribution in [2.45, 2.75) is 13.3 Å². The average Bonchev–Trinajstić information content (AvgIpc) is 2.69. The lowest BCUT2D eigenvalue weighted by Crippen LogP contribution is -2.31. The molecule has 0 heterocycles. The van der Waals surface area contributed by atoms with Gasteiger partial charge in [0.1, 0.15) is 5.03 Å². The van der Waals surface area contributed by atoms with Gasteiger partial charge in [-0.15, -0.1) is 0 Å². The summed E-state index contributed by atoms with van der Waals surface area (Å²) in [7, 11) is 0. The third kappa shape index (κ3) is 6.17. The second-order valence-corrected chi connectivity index (χ2v) is 6.88. The number of aliphatic hydroxyl groups is 2.